The molecular weight excluding hydrogens is 286 g/mol. The minimum absolute atomic E-state index is 0.149. The van der Waals surface area contributed by atoms with Gasteiger partial charge in [-0.2, -0.15) is 0 Å². The van der Waals surface area contributed by atoms with Gasteiger partial charge in [0, 0.05) is 39.6 Å². The van der Waals surface area contributed by atoms with E-state index in [9.17, 15) is 4.79 Å². The molecule has 1 aromatic rings. The Morgan fingerprint density at radius 3 is 2.57 bits per heavy atom. The van der Waals surface area contributed by atoms with Gasteiger partial charge >= 0.3 is 0 Å². The Morgan fingerprint density at radius 2 is 1.95 bits per heavy atom. The van der Waals surface area contributed by atoms with Crippen LogP contribution in [0, 0.1) is 0 Å². The van der Waals surface area contributed by atoms with E-state index >= 15 is 0 Å². The van der Waals surface area contributed by atoms with Crippen molar-refractivity contribution in [2.75, 3.05) is 39.3 Å². The van der Waals surface area contributed by atoms with Crippen molar-refractivity contribution < 1.29 is 9.53 Å². The van der Waals surface area contributed by atoms with Crippen LogP contribution in [-0.2, 0) is 4.79 Å². The fraction of sp³-hybridized carbons (Fsp3) is 0.467. The number of para-hydroxylation sites is 1. The molecule has 0 aromatic heterocycles. The number of nitrogens with two attached hydrogens (primary N) is 1. The molecule has 6 heteroatoms. The van der Waals surface area contributed by atoms with Crippen LogP contribution in [0.5, 0.6) is 5.75 Å². The van der Waals surface area contributed by atoms with Gasteiger partial charge in [-0.05, 0) is 12.1 Å². The van der Waals surface area contributed by atoms with Gasteiger partial charge in [0.25, 0.3) is 0 Å². The van der Waals surface area contributed by atoms with Crippen molar-refractivity contribution in [3.63, 3.8) is 0 Å². The second-order valence-corrected chi connectivity index (χ2v) is 5.50. The fourth-order valence-corrected chi connectivity index (χ4v) is 2.54. The average Bonchev–Trinajstić information content (AvgIpc) is 2.48. The molecule has 1 amide bonds. The SMILES string of the molecule is CC(=O)N1CCN(CCOc2ccccc2C(N)=S)CC1. The van der Waals surface area contributed by atoms with Crippen LogP contribution in [0.2, 0.25) is 0 Å². The monoisotopic (exact) mass is 307 g/mol. The Kier molecular flexibility index (Phi) is 5.52. The highest BCUT2D eigenvalue weighted by atomic mass is 32.1. The van der Waals surface area contributed by atoms with Gasteiger partial charge < -0.3 is 15.4 Å². The van der Waals surface area contributed by atoms with Gasteiger partial charge in [0.05, 0.1) is 5.56 Å². The van der Waals surface area contributed by atoms with Gasteiger partial charge in [0.1, 0.15) is 17.3 Å². The molecular formula is C15H21N3O2S. The minimum Gasteiger partial charge on any atom is -0.492 e. The summed E-state index contributed by atoms with van der Waals surface area (Å²) in [4.78, 5) is 15.8. The van der Waals surface area contributed by atoms with Crippen LogP contribution in [0.25, 0.3) is 0 Å². The summed E-state index contributed by atoms with van der Waals surface area (Å²) in [5.74, 6) is 0.878. The molecule has 0 unspecified atom stereocenters. The highest BCUT2D eigenvalue weighted by Crippen LogP contribution is 2.17. The van der Waals surface area contributed by atoms with E-state index in [1.165, 1.54) is 0 Å². The first kappa shape index (κ1) is 15.7. The van der Waals surface area contributed by atoms with Crippen LogP contribution in [0.15, 0.2) is 24.3 Å². The molecule has 21 heavy (non-hydrogen) atoms. The van der Waals surface area contributed by atoms with Gasteiger partial charge in [-0.3, -0.25) is 9.69 Å². The van der Waals surface area contributed by atoms with Crippen molar-refractivity contribution in [3.05, 3.63) is 29.8 Å². The van der Waals surface area contributed by atoms with Crippen molar-refractivity contribution in [2.24, 2.45) is 5.73 Å². The number of rotatable bonds is 5. The Hall–Kier alpha value is -1.66. The topological polar surface area (TPSA) is 58.8 Å². The number of carbonyl (C=O) groups excluding carboxylic acids is 1. The van der Waals surface area contributed by atoms with Gasteiger partial charge in [-0.15, -0.1) is 0 Å². The van der Waals surface area contributed by atoms with Crippen LogP contribution in [0.1, 0.15) is 12.5 Å². The number of hydrogen-bond acceptors (Lipinski definition) is 4. The lowest BCUT2D eigenvalue weighted by atomic mass is 10.2. The normalized spacial score (nSPS) is 15.8. The van der Waals surface area contributed by atoms with Crippen molar-refractivity contribution in [2.45, 2.75) is 6.92 Å². The quantitative estimate of drug-likeness (QED) is 0.818. The number of nitrogens with zero attached hydrogens (tertiary/aromatic N) is 2. The van der Waals surface area contributed by atoms with E-state index in [4.69, 9.17) is 22.7 Å². The van der Waals surface area contributed by atoms with Crippen molar-refractivity contribution in [1.82, 2.24) is 9.80 Å². The number of piperazine rings is 1. The largest absolute Gasteiger partial charge is 0.492 e. The first-order chi connectivity index (χ1) is 10.1. The Balaban J connectivity index is 1.78. The van der Waals surface area contributed by atoms with E-state index in [0.717, 1.165) is 44.0 Å². The molecule has 5 nitrogen and oxygen atoms in total. The lowest BCUT2D eigenvalue weighted by Crippen LogP contribution is -2.48. The molecule has 1 saturated heterocycles. The molecule has 0 bridgehead atoms. The lowest BCUT2D eigenvalue weighted by Gasteiger charge is -2.34. The van der Waals surface area contributed by atoms with E-state index in [1.807, 2.05) is 29.2 Å². The molecule has 114 valence electrons. The zero-order valence-electron chi connectivity index (χ0n) is 12.2. The molecule has 2 N–H and O–H groups in total. The van der Waals surface area contributed by atoms with Gasteiger partial charge in [-0.1, -0.05) is 24.4 Å². The van der Waals surface area contributed by atoms with Crippen LogP contribution in [-0.4, -0.2) is 60.0 Å². The summed E-state index contributed by atoms with van der Waals surface area (Å²) in [6, 6.07) is 7.54. The summed E-state index contributed by atoms with van der Waals surface area (Å²) >= 11 is 5.01. The zero-order chi connectivity index (χ0) is 15.2. The molecule has 0 spiro atoms. The first-order valence-corrected chi connectivity index (χ1v) is 7.48. The predicted octanol–water partition coefficient (Wildman–Crippen LogP) is 0.864. The summed E-state index contributed by atoms with van der Waals surface area (Å²) in [6.07, 6.45) is 0. The number of carbonyl (C=O) groups is 1. The standard InChI is InChI=1S/C15H21N3O2S/c1-12(19)18-8-6-17(7-9-18)10-11-20-14-5-3-2-4-13(14)15(16)21/h2-5H,6-11H2,1H3,(H2,16,21). The lowest BCUT2D eigenvalue weighted by molar-refractivity contribution is -0.130. The van der Waals surface area contributed by atoms with Crippen LogP contribution in [0.3, 0.4) is 0 Å². The fourth-order valence-electron chi connectivity index (χ4n) is 2.37. The Labute approximate surface area is 130 Å². The molecule has 1 aliphatic rings. The second kappa shape index (κ2) is 7.38. The number of ether oxygens (including phenoxy) is 1. The molecule has 1 aromatic carbocycles. The summed E-state index contributed by atoms with van der Waals surface area (Å²) < 4.78 is 5.79. The number of hydrogen-bond donors (Lipinski definition) is 1. The average molecular weight is 307 g/mol. The van der Waals surface area contributed by atoms with E-state index in [0.29, 0.717) is 11.6 Å². The van der Waals surface area contributed by atoms with Crippen LogP contribution < -0.4 is 10.5 Å². The van der Waals surface area contributed by atoms with Gasteiger partial charge in [-0.25, -0.2) is 0 Å². The maximum absolute atomic E-state index is 11.3. The smallest absolute Gasteiger partial charge is 0.219 e. The Bertz CT molecular complexity index is 513. The number of thiocarbonyl (C=S) groups is 1. The predicted molar refractivity (Wildman–Crippen MR) is 86.5 cm³/mol. The number of benzene rings is 1. The summed E-state index contributed by atoms with van der Waals surface area (Å²) in [6.45, 7) is 6.39. The first-order valence-electron chi connectivity index (χ1n) is 7.07. The van der Waals surface area contributed by atoms with E-state index in [2.05, 4.69) is 4.90 Å². The maximum Gasteiger partial charge on any atom is 0.219 e. The third kappa shape index (κ3) is 4.41. The summed E-state index contributed by atoms with van der Waals surface area (Å²) in [7, 11) is 0. The van der Waals surface area contributed by atoms with Crippen molar-refractivity contribution >= 4 is 23.1 Å². The van der Waals surface area contributed by atoms with Crippen LogP contribution >= 0.6 is 12.2 Å². The minimum atomic E-state index is 0.149. The second-order valence-electron chi connectivity index (χ2n) is 5.06. The number of amides is 1. The summed E-state index contributed by atoms with van der Waals surface area (Å²) in [5.41, 5.74) is 6.45. The highest BCUT2D eigenvalue weighted by Gasteiger charge is 2.18. The molecule has 0 atom stereocenters. The molecule has 1 heterocycles. The van der Waals surface area contributed by atoms with Gasteiger partial charge in [0.15, 0.2) is 0 Å². The molecule has 0 radical (unpaired) electrons. The molecule has 1 aliphatic heterocycles. The van der Waals surface area contributed by atoms with Crippen molar-refractivity contribution in [1.29, 1.82) is 0 Å². The van der Waals surface area contributed by atoms with E-state index in [-0.39, 0.29) is 5.91 Å². The van der Waals surface area contributed by atoms with Crippen molar-refractivity contribution in [3.8, 4) is 5.75 Å². The maximum atomic E-state index is 11.3. The van der Waals surface area contributed by atoms with E-state index in [1.54, 1.807) is 6.92 Å². The summed E-state index contributed by atoms with van der Waals surface area (Å²) in [5, 5.41) is 0. The molecule has 0 saturated carbocycles. The zero-order valence-corrected chi connectivity index (χ0v) is 13.1. The third-order valence-corrected chi connectivity index (χ3v) is 3.86. The molecule has 1 fully saturated rings. The molecule has 0 aliphatic carbocycles. The highest BCUT2D eigenvalue weighted by molar-refractivity contribution is 7.80. The third-order valence-electron chi connectivity index (χ3n) is 3.64. The Morgan fingerprint density at radius 1 is 1.29 bits per heavy atom. The van der Waals surface area contributed by atoms with Gasteiger partial charge in [0.2, 0.25) is 5.91 Å². The molecule has 2 rings (SSSR count). The van der Waals surface area contributed by atoms with Crippen LogP contribution in [0.4, 0.5) is 0 Å². The van der Waals surface area contributed by atoms with E-state index < -0.39 is 0 Å².